The van der Waals surface area contributed by atoms with Gasteiger partial charge in [0, 0.05) is 30.0 Å². The van der Waals surface area contributed by atoms with Gasteiger partial charge in [-0.2, -0.15) is 0 Å². The molecule has 0 spiro atoms. The quantitative estimate of drug-likeness (QED) is 0.562. The Labute approximate surface area is 119 Å². The molecule has 1 saturated heterocycles. The first-order valence-electron chi connectivity index (χ1n) is 7.38. The fourth-order valence-electron chi connectivity index (χ4n) is 2.62. The van der Waals surface area contributed by atoms with Crippen LogP contribution in [-0.4, -0.2) is 29.2 Å². The molecule has 1 saturated carbocycles. The van der Waals surface area contributed by atoms with Crippen molar-refractivity contribution < 1.29 is 4.74 Å². The zero-order valence-electron chi connectivity index (χ0n) is 12.1. The molecule has 2 heterocycles. The van der Waals surface area contributed by atoms with Crippen molar-refractivity contribution in [1.29, 1.82) is 0 Å². The van der Waals surface area contributed by atoms with Gasteiger partial charge in [0.25, 0.3) is 0 Å². The molecule has 3 rings (SSSR count). The molecule has 20 heavy (non-hydrogen) atoms. The molecule has 0 bridgehead atoms. The minimum absolute atomic E-state index is 0.337. The predicted octanol–water partition coefficient (Wildman–Crippen LogP) is 1.78. The molecule has 2 aliphatic rings. The Morgan fingerprint density at radius 2 is 2.00 bits per heavy atom. The molecular weight excluding hydrogens is 254 g/mol. The van der Waals surface area contributed by atoms with Gasteiger partial charge < -0.3 is 15.5 Å². The van der Waals surface area contributed by atoms with Crippen LogP contribution in [0, 0.1) is 12.8 Å². The van der Waals surface area contributed by atoms with Gasteiger partial charge in [0.2, 0.25) is 0 Å². The smallest absolute Gasteiger partial charge is 0.148 e. The molecule has 1 aromatic rings. The number of hydrazine groups is 1. The van der Waals surface area contributed by atoms with Crippen LogP contribution in [0.4, 0.5) is 11.6 Å². The second kappa shape index (κ2) is 5.54. The minimum atomic E-state index is 0.337. The average Bonchev–Trinajstić information content (AvgIpc) is 3.15. The maximum absolute atomic E-state index is 5.57. The van der Waals surface area contributed by atoms with E-state index >= 15 is 0 Å². The van der Waals surface area contributed by atoms with Gasteiger partial charge in [-0.1, -0.05) is 0 Å². The third-order valence-electron chi connectivity index (χ3n) is 4.28. The first-order chi connectivity index (χ1) is 9.69. The van der Waals surface area contributed by atoms with Crippen LogP contribution in [0.25, 0.3) is 0 Å². The normalized spacial score (nSPS) is 23.6. The van der Waals surface area contributed by atoms with Crippen LogP contribution >= 0.6 is 0 Å². The Morgan fingerprint density at radius 1 is 1.25 bits per heavy atom. The lowest BCUT2D eigenvalue weighted by Crippen LogP contribution is -2.27. The number of nitrogen functional groups attached to an aromatic ring is 1. The van der Waals surface area contributed by atoms with Crippen molar-refractivity contribution in [2.75, 3.05) is 24.0 Å². The fourth-order valence-corrected chi connectivity index (χ4v) is 2.62. The Kier molecular flexibility index (Phi) is 3.76. The summed E-state index contributed by atoms with van der Waals surface area (Å²) in [5, 5.41) is 3.52. The van der Waals surface area contributed by atoms with Gasteiger partial charge in [-0.05, 0) is 33.1 Å². The first-order valence-corrected chi connectivity index (χ1v) is 7.38. The summed E-state index contributed by atoms with van der Waals surface area (Å²) >= 11 is 0. The van der Waals surface area contributed by atoms with E-state index in [1.165, 1.54) is 12.8 Å². The van der Waals surface area contributed by atoms with Crippen molar-refractivity contribution >= 4 is 11.6 Å². The van der Waals surface area contributed by atoms with Crippen LogP contribution in [0.15, 0.2) is 0 Å². The lowest BCUT2D eigenvalue weighted by atomic mass is 10.0. The summed E-state index contributed by atoms with van der Waals surface area (Å²) in [7, 11) is 0. The number of anilines is 2. The summed E-state index contributed by atoms with van der Waals surface area (Å²) in [6.45, 7) is 5.87. The monoisotopic (exact) mass is 277 g/mol. The van der Waals surface area contributed by atoms with Crippen LogP contribution < -0.4 is 16.6 Å². The van der Waals surface area contributed by atoms with Gasteiger partial charge in [0.15, 0.2) is 0 Å². The SMILES string of the molecule is Cc1c(NN)nc(C2CC2)nc1NC(C)C1CCOC1. The Bertz CT molecular complexity index is 483. The summed E-state index contributed by atoms with van der Waals surface area (Å²) in [5.41, 5.74) is 3.66. The Hall–Kier alpha value is -1.40. The van der Waals surface area contributed by atoms with E-state index in [1.54, 1.807) is 0 Å². The topological polar surface area (TPSA) is 85.1 Å². The zero-order chi connectivity index (χ0) is 14.1. The number of aromatic nitrogens is 2. The molecule has 1 aromatic heterocycles. The maximum atomic E-state index is 5.57. The second-order valence-electron chi connectivity index (χ2n) is 5.88. The van der Waals surface area contributed by atoms with Crippen molar-refractivity contribution in [3.8, 4) is 0 Å². The van der Waals surface area contributed by atoms with Crippen molar-refractivity contribution in [2.24, 2.45) is 11.8 Å². The number of ether oxygens (including phenoxy) is 1. The number of hydrogen-bond donors (Lipinski definition) is 3. The van der Waals surface area contributed by atoms with Crippen LogP contribution in [0.5, 0.6) is 0 Å². The highest BCUT2D eigenvalue weighted by Crippen LogP contribution is 2.39. The summed E-state index contributed by atoms with van der Waals surface area (Å²) in [6.07, 6.45) is 3.47. The zero-order valence-corrected chi connectivity index (χ0v) is 12.1. The largest absolute Gasteiger partial charge is 0.381 e. The number of nitrogens with one attached hydrogen (secondary N) is 2. The minimum Gasteiger partial charge on any atom is -0.381 e. The Balaban J connectivity index is 1.81. The van der Waals surface area contributed by atoms with E-state index in [0.29, 0.717) is 17.9 Å². The van der Waals surface area contributed by atoms with E-state index in [2.05, 4.69) is 22.7 Å². The molecule has 2 unspecified atom stereocenters. The molecule has 6 heteroatoms. The number of nitrogens with two attached hydrogens (primary N) is 1. The van der Waals surface area contributed by atoms with Gasteiger partial charge >= 0.3 is 0 Å². The highest BCUT2D eigenvalue weighted by Gasteiger charge is 2.29. The lowest BCUT2D eigenvalue weighted by Gasteiger charge is -2.22. The van der Waals surface area contributed by atoms with E-state index in [9.17, 15) is 0 Å². The van der Waals surface area contributed by atoms with Crippen molar-refractivity contribution in [3.05, 3.63) is 11.4 Å². The average molecular weight is 277 g/mol. The van der Waals surface area contributed by atoms with Crippen molar-refractivity contribution in [1.82, 2.24) is 9.97 Å². The van der Waals surface area contributed by atoms with Crippen LogP contribution in [-0.2, 0) is 4.74 Å². The van der Waals surface area contributed by atoms with E-state index in [0.717, 1.165) is 42.7 Å². The summed E-state index contributed by atoms with van der Waals surface area (Å²) < 4.78 is 5.46. The Morgan fingerprint density at radius 3 is 2.60 bits per heavy atom. The molecule has 2 fully saturated rings. The predicted molar refractivity (Wildman–Crippen MR) is 78.6 cm³/mol. The molecule has 0 aromatic carbocycles. The molecule has 4 N–H and O–H groups in total. The standard InChI is InChI=1S/C14H23N5O/c1-8-12(16-9(2)11-5-6-20-7-11)17-14(10-3-4-10)18-13(8)19-15/h9-11H,3-7,15H2,1-2H3,(H2,16,17,18,19). The third kappa shape index (κ3) is 2.71. The van der Waals surface area contributed by atoms with Crippen molar-refractivity contribution in [2.45, 2.75) is 45.1 Å². The molecule has 6 nitrogen and oxygen atoms in total. The van der Waals surface area contributed by atoms with E-state index < -0.39 is 0 Å². The molecule has 0 radical (unpaired) electrons. The highest BCUT2D eigenvalue weighted by atomic mass is 16.5. The van der Waals surface area contributed by atoms with Crippen molar-refractivity contribution in [3.63, 3.8) is 0 Å². The van der Waals surface area contributed by atoms with Gasteiger partial charge in [0.1, 0.15) is 17.5 Å². The van der Waals surface area contributed by atoms with Gasteiger partial charge in [-0.25, -0.2) is 15.8 Å². The summed E-state index contributed by atoms with van der Waals surface area (Å²) in [4.78, 5) is 9.20. The highest BCUT2D eigenvalue weighted by molar-refractivity contribution is 5.57. The number of nitrogens with zero attached hydrogens (tertiary/aromatic N) is 2. The van der Waals surface area contributed by atoms with Gasteiger partial charge in [0.05, 0.1) is 6.61 Å². The van der Waals surface area contributed by atoms with Crippen LogP contribution in [0.3, 0.4) is 0 Å². The molecule has 2 atom stereocenters. The van der Waals surface area contributed by atoms with E-state index in [1.807, 2.05) is 6.92 Å². The molecule has 0 amide bonds. The van der Waals surface area contributed by atoms with Crippen LogP contribution in [0.1, 0.15) is 43.5 Å². The fraction of sp³-hybridized carbons (Fsp3) is 0.714. The number of hydrogen-bond acceptors (Lipinski definition) is 6. The van der Waals surface area contributed by atoms with Gasteiger partial charge in [-0.15, -0.1) is 0 Å². The first kappa shape index (κ1) is 13.6. The summed E-state index contributed by atoms with van der Waals surface area (Å²) in [5.74, 6) is 9.15. The maximum Gasteiger partial charge on any atom is 0.148 e. The molecule has 1 aliphatic carbocycles. The van der Waals surface area contributed by atoms with E-state index in [-0.39, 0.29) is 0 Å². The van der Waals surface area contributed by atoms with Crippen LogP contribution in [0.2, 0.25) is 0 Å². The third-order valence-corrected chi connectivity index (χ3v) is 4.28. The summed E-state index contributed by atoms with van der Waals surface area (Å²) in [6, 6.07) is 0.337. The second-order valence-corrected chi connectivity index (χ2v) is 5.88. The van der Waals surface area contributed by atoms with E-state index in [4.69, 9.17) is 15.6 Å². The molecule has 1 aliphatic heterocycles. The number of rotatable bonds is 5. The molecule has 110 valence electrons. The lowest BCUT2D eigenvalue weighted by molar-refractivity contribution is 0.183. The molecular formula is C14H23N5O. The van der Waals surface area contributed by atoms with Gasteiger partial charge in [-0.3, -0.25) is 0 Å².